The lowest BCUT2D eigenvalue weighted by Gasteiger charge is -2.15. The topological polar surface area (TPSA) is 90.9 Å². The van der Waals surface area contributed by atoms with Gasteiger partial charge in [-0.25, -0.2) is 13.2 Å². The maximum atomic E-state index is 12.7. The molecule has 0 atom stereocenters. The molecular formula is C17H18ClNO6S. The smallest absolute Gasteiger partial charge is 0.338 e. The van der Waals surface area contributed by atoms with E-state index in [2.05, 4.69) is 9.46 Å². The average Bonchev–Trinajstić information content (AvgIpc) is 2.62. The summed E-state index contributed by atoms with van der Waals surface area (Å²) in [5.74, 6) is -0.116. The molecule has 1 N–H and O–H groups in total. The van der Waals surface area contributed by atoms with Crippen LogP contribution in [-0.4, -0.2) is 35.7 Å². The summed E-state index contributed by atoms with van der Waals surface area (Å²) in [5.41, 5.74) is 0.909. The molecule has 0 fully saturated rings. The number of carbonyl (C=O) groups excluding carboxylic acids is 1. The molecule has 2 rings (SSSR count). The lowest BCUT2D eigenvalue weighted by molar-refractivity contribution is 0.0599. The van der Waals surface area contributed by atoms with Crippen LogP contribution in [-0.2, 0) is 14.8 Å². The number of esters is 1. The van der Waals surface area contributed by atoms with E-state index in [1.165, 1.54) is 51.7 Å². The van der Waals surface area contributed by atoms with Gasteiger partial charge in [-0.3, -0.25) is 4.72 Å². The normalized spacial score (nSPS) is 11.0. The highest BCUT2D eigenvalue weighted by atomic mass is 35.5. The standard InChI is InChI=1S/C17H18ClNO6S/c1-10-5-6-11(7-12(10)17(20)25-4)26(21,22)19-14-9-15(23-2)13(18)8-16(14)24-3/h5-9,19H,1-4H3. The Morgan fingerprint density at radius 1 is 1.04 bits per heavy atom. The van der Waals surface area contributed by atoms with Gasteiger partial charge in [-0.2, -0.15) is 0 Å². The molecule has 0 heterocycles. The molecule has 26 heavy (non-hydrogen) atoms. The van der Waals surface area contributed by atoms with Gasteiger partial charge in [0.15, 0.2) is 0 Å². The van der Waals surface area contributed by atoms with E-state index in [0.29, 0.717) is 5.56 Å². The van der Waals surface area contributed by atoms with Gasteiger partial charge in [0.1, 0.15) is 11.5 Å². The van der Waals surface area contributed by atoms with Crippen LogP contribution in [0.5, 0.6) is 11.5 Å². The monoisotopic (exact) mass is 399 g/mol. The minimum absolute atomic E-state index is 0.0977. The molecule has 0 spiro atoms. The summed E-state index contributed by atoms with van der Waals surface area (Å²) in [4.78, 5) is 11.7. The second kappa shape index (κ2) is 7.84. The van der Waals surface area contributed by atoms with Gasteiger partial charge in [0.05, 0.1) is 42.5 Å². The van der Waals surface area contributed by atoms with Crippen LogP contribution in [0.1, 0.15) is 15.9 Å². The molecule has 0 aromatic heterocycles. The minimum atomic E-state index is -4.00. The van der Waals surface area contributed by atoms with Gasteiger partial charge in [-0.15, -0.1) is 0 Å². The molecular weight excluding hydrogens is 382 g/mol. The number of halogens is 1. The van der Waals surface area contributed by atoms with Crippen LogP contribution < -0.4 is 14.2 Å². The third-order valence-corrected chi connectivity index (χ3v) is 5.30. The van der Waals surface area contributed by atoms with Crippen LogP contribution in [0.2, 0.25) is 5.02 Å². The SMILES string of the molecule is COC(=O)c1cc(S(=O)(=O)Nc2cc(OC)c(Cl)cc2OC)ccc1C. The van der Waals surface area contributed by atoms with Crippen LogP contribution in [0.25, 0.3) is 0 Å². The van der Waals surface area contributed by atoms with E-state index >= 15 is 0 Å². The first-order valence-corrected chi connectivity index (χ1v) is 9.23. The number of hydrogen-bond donors (Lipinski definition) is 1. The fourth-order valence-electron chi connectivity index (χ4n) is 2.24. The predicted octanol–water partition coefficient (Wildman–Crippen LogP) is 3.25. The maximum Gasteiger partial charge on any atom is 0.338 e. The molecule has 0 saturated heterocycles. The van der Waals surface area contributed by atoms with Crippen molar-refractivity contribution in [2.24, 2.45) is 0 Å². The molecule has 0 amide bonds. The molecule has 2 aromatic carbocycles. The predicted molar refractivity (Wildman–Crippen MR) is 97.9 cm³/mol. The molecule has 0 aliphatic rings. The summed E-state index contributed by atoms with van der Waals surface area (Å²) in [6.07, 6.45) is 0. The van der Waals surface area contributed by atoms with Crippen molar-refractivity contribution in [3.05, 3.63) is 46.5 Å². The fraction of sp³-hybridized carbons (Fsp3) is 0.235. The molecule has 9 heteroatoms. The molecule has 0 aliphatic heterocycles. The first-order chi connectivity index (χ1) is 12.2. The Balaban J connectivity index is 2.48. The Kier molecular flexibility index (Phi) is 5.99. The highest BCUT2D eigenvalue weighted by molar-refractivity contribution is 7.92. The zero-order chi connectivity index (χ0) is 19.5. The summed E-state index contributed by atoms with van der Waals surface area (Å²) in [6, 6.07) is 7.02. The number of benzene rings is 2. The third kappa shape index (κ3) is 4.03. The Hall–Kier alpha value is -2.45. The Bertz CT molecular complexity index is 943. The van der Waals surface area contributed by atoms with Crippen molar-refractivity contribution in [1.29, 1.82) is 0 Å². The maximum absolute atomic E-state index is 12.7. The minimum Gasteiger partial charge on any atom is -0.495 e. The first-order valence-electron chi connectivity index (χ1n) is 7.36. The summed E-state index contributed by atoms with van der Waals surface area (Å²) in [7, 11) is 0.0244. The van der Waals surface area contributed by atoms with E-state index in [4.69, 9.17) is 21.1 Å². The van der Waals surface area contributed by atoms with E-state index in [-0.39, 0.29) is 32.7 Å². The van der Waals surface area contributed by atoms with Crippen LogP contribution in [0, 0.1) is 6.92 Å². The van der Waals surface area contributed by atoms with Crippen molar-refractivity contribution >= 4 is 33.3 Å². The number of nitrogens with one attached hydrogen (secondary N) is 1. The largest absolute Gasteiger partial charge is 0.495 e. The molecule has 140 valence electrons. The molecule has 2 aromatic rings. The van der Waals surface area contributed by atoms with E-state index in [9.17, 15) is 13.2 Å². The number of hydrogen-bond acceptors (Lipinski definition) is 6. The molecule has 0 saturated carbocycles. The zero-order valence-corrected chi connectivity index (χ0v) is 16.2. The van der Waals surface area contributed by atoms with Gasteiger partial charge in [-0.05, 0) is 24.6 Å². The van der Waals surface area contributed by atoms with E-state index < -0.39 is 16.0 Å². The fourth-order valence-corrected chi connectivity index (χ4v) is 3.56. The highest BCUT2D eigenvalue weighted by Gasteiger charge is 2.21. The van der Waals surface area contributed by atoms with Gasteiger partial charge >= 0.3 is 5.97 Å². The van der Waals surface area contributed by atoms with E-state index in [1.807, 2.05) is 0 Å². The van der Waals surface area contributed by atoms with Crippen molar-refractivity contribution in [3.8, 4) is 11.5 Å². The molecule has 0 aliphatic carbocycles. The second-order valence-corrected chi connectivity index (χ2v) is 7.35. The summed E-state index contributed by atoms with van der Waals surface area (Å²) in [5, 5.41) is 0.274. The van der Waals surface area contributed by atoms with Gasteiger partial charge in [0.2, 0.25) is 0 Å². The lowest BCUT2D eigenvalue weighted by Crippen LogP contribution is -2.15. The Morgan fingerprint density at radius 2 is 1.69 bits per heavy atom. The second-order valence-electron chi connectivity index (χ2n) is 5.26. The van der Waals surface area contributed by atoms with Gasteiger partial charge in [0, 0.05) is 12.1 Å². The van der Waals surface area contributed by atoms with Gasteiger partial charge < -0.3 is 14.2 Å². The first kappa shape index (κ1) is 19.9. The quantitative estimate of drug-likeness (QED) is 0.750. The van der Waals surface area contributed by atoms with Crippen molar-refractivity contribution < 1.29 is 27.4 Å². The van der Waals surface area contributed by atoms with Crippen LogP contribution in [0.4, 0.5) is 5.69 Å². The summed E-state index contributed by atoms with van der Waals surface area (Å²) < 4.78 is 42.8. The number of methoxy groups -OCH3 is 3. The zero-order valence-electron chi connectivity index (χ0n) is 14.6. The van der Waals surface area contributed by atoms with Gasteiger partial charge in [0.25, 0.3) is 10.0 Å². The number of carbonyl (C=O) groups is 1. The van der Waals surface area contributed by atoms with E-state index in [0.717, 1.165) is 0 Å². The number of anilines is 1. The summed E-state index contributed by atoms with van der Waals surface area (Å²) >= 11 is 6.02. The van der Waals surface area contributed by atoms with Crippen molar-refractivity contribution in [3.63, 3.8) is 0 Å². The number of rotatable bonds is 6. The Labute approximate surface area is 156 Å². The number of sulfonamides is 1. The molecule has 7 nitrogen and oxygen atoms in total. The number of ether oxygens (including phenoxy) is 3. The summed E-state index contributed by atoms with van der Waals surface area (Å²) in [6.45, 7) is 1.68. The molecule has 0 unspecified atom stereocenters. The van der Waals surface area contributed by atoms with E-state index in [1.54, 1.807) is 6.92 Å². The van der Waals surface area contributed by atoms with Crippen LogP contribution >= 0.6 is 11.6 Å². The Morgan fingerprint density at radius 3 is 2.27 bits per heavy atom. The third-order valence-electron chi connectivity index (χ3n) is 3.64. The van der Waals surface area contributed by atoms with Crippen molar-refractivity contribution in [1.82, 2.24) is 0 Å². The van der Waals surface area contributed by atoms with Crippen LogP contribution in [0.15, 0.2) is 35.2 Å². The molecule has 0 radical (unpaired) electrons. The average molecular weight is 400 g/mol. The molecule has 0 bridgehead atoms. The van der Waals surface area contributed by atoms with Crippen molar-refractivity contribution in [2.45, 2.75) is 11.8 Å². The lowest BCUT2D eigenvalue weighted by atomic mass is 10.1. The van der Waals surface area contributed by atoms with Crippen LogP contribution in [0.3, 0.4) is 0 Å². The van der Waals surface area contributed by atoms with Gasteiger partial charge in [-0.1, -0.05) is 17.7 Å². The highest BCUT2D eigenvalue weighted by Crippen LogP contribution is 2.37. The number of aryl methyl sites for hydroxylation is 1. The van der Waals surface area contributed by atoms with Crippen molar-refractivity contribution in [2.75, 3.05) is 26.1 Å².